The van der Waals surface area contributed by atoms with Crippen molar-refractivity contribution >= 4 is 17.5 Å². The second-order valence-corrected chi connectivity index (χ2v) is 6.72. The van der Waals surface area contributed by atoms with Crippen molar-refractivity contribution in [2.24, 2.45) is 0 Å². The van der Waals surface area contributed by atoms with Gasteiger partial charge in [0.25, 0.3) is 11.5 Å². The number of aromatic nitrogens is 1. The molecule has 1 aliphatic heterocycles. The van der Waals surface area contributed by atoms with E-state index in [4.69, 9.17) is 16.3 Å². The number of ether oxygens (including phenoxy) is 1. The van der Waals surface area contributed by atoms with Crippen molar-refractivity contribution in [2.45, 2.75) is 12.2 Å². The second kappa shape index (κ2) is 6.97. The molecule has 2 aromatic carbocycles. The smallest absolute Gasteiger partial charge is 0.431 e. The number of amides is 1. The fourth-order valence-electron chi connectivity index (χ4n) is 3.13. The number of pyridine rings is 1. The molecule has 1 aromatic heterocycles. The number of nitrogens with one attached hydrogen (secondary N) is 2. The highest BCUT2D eigenvalue weighted by molar-refractivity contribution is 6.32. The molecule has 2 heterocycles. The van der Waals surface area contributed by atoms with E-state index in [1.54, 1.807) is 47.4 Å². The van der Waals surface area contributed by atoms with Crippen molar-refractivity contribution in [3.63, 3.8) is 0 Å². The highest BCUT2D eigenvalue weighted by atomic mass is 35.5. The van der Waals surface area contributed by atoms with Gasteiger partial charge in [-0.15, -0.1) is 0 Å². The van der Waals surface area contributed by atoms with E-state index in [1.165, 1.54) is 0 Å². The molecule has 2 N–H and O–H groups in total. The van der Waals surface area contributed by atoms with Crippen LogP contribution in [0.15, 0.2) is 59.4 Å². The van der Waals surface area contributed by atoms with E-state index < -0.39 is 34.9 Å². The Labute approximate surface area is 167 Å². The van der Waals surface area contributed by atoms with E-state index in [9.17, 15) is 22.8 Å². The predicted octanol–water partition coefficient (Wildman–Crippen LogP) is 4.67. The lowest BCUT2D eigenvalue weighted by molar-refractivity contribution is -0.141. The van der Waals surface area contributed by atoms with E-state index in [2.05, 4.69) is 5.32 Å². The third-order valence-corrected chi connectivity index (χ3v) is 4.78. The van der Waals surface area contributed by atoms with Crippen LogP contribution in [-0.2, 0) is 6.18 Å². The quantitative estimate of drug-likeness (QED) is 0.632. The summed E-state index contributed by atoms with van der Waals surface area (Å²) in [6.07, 6.45) is -4.72. The van der Waals surface area contributed by atoms with Crippen LogP contribution in [0.2, 0.25) is 5.02 Å². The molecule has 1 atom stereocenters. The minimum Gasteiger partial charge on any atom is -0.455 e. The van der Waals surface area contributed by atoms with Gasteiger partial charge in [0.15, 0.2) is 5.75 Å². The van der Waals surface area contributed by atoms with Gasteiger partial charge in [-0.2, -0.15) is 13.2 Å². The fourth-order valence-corrected chi connectivity index (χ4v) is 3.35. The summed E-state index contributed by atoms with van der Waals surface area (Å²) in [5.74, 6) is 0.00632. The monoisotopic (exact) mass is 420 g/mol. The van der Waals surface area contributed by atoms with Gasteiger partial charge in [-0.3, -0.25) is 9.59 Å². The molecule has 0 saturated carbocycles. The van der Waals surface area contributed by atoms with Gasteiger partial charge in [0.05, 0.1) is 11.1 Å². The van der Waals surface area contributed by atoms with Gasteiger partial charge in [0.2, 0.25) is 0 Å². The number of halogens is 4. The lowest BCUT2D eigenvalue weighted by Crippen LogP contribution is -2.35. The largest absolute Gasteiger partial charge is 0.455 e. The number of fused-ring (bicyclic) bond motifs is 2. The summed E-state index contributed by atoms with van der Waals surface area (Å²) < 4.78 is 44.1. The van der Waals surface area contributed by atoms with Crippen LogP contribution in [0.1, 0.15) is 33.2 Å². The summed E-state index contributed by atoms with van der Waals surface area (Å²) in [7, 11) is 0. The fraction of sp³-hybridized carbons (Fsp3) is 0.100. The molecule has 0 fully saturated rings. The molecule has 1 aliphatic rings. The molecule has 0 radical (unpaired) electrons. The molecule has 1 amide bonds. The van der Waals surface area contributed by atoms with E-state index in [1.807, 2.05) is 0 Å². The normalized spacial score (nSPS) is 15.1. The Morgan fingerprint density at radius 2 is 1.76 bits per heavy atom. The van der Waals surface area contributed by atoms with Crippen molar-refractivity contribution in [1.82, 2.24) is 10.3 Å². The maximum absolute atomic E-state index is 12.7. The lowest BCUT2D eigenvalue weighted by Gasteiger charge is -2.29. The Balaban J connectivity index is 1.73. The number of para-hydroxylation sites is 2. The zero-order valence-corrected chi connectivity index (χ0v) is 15.3. The maximum atomic E-state index is 12.7. The van der Waals surface area contributed by atoms with Crippen molar-refractivity contribution in [1.29, 1.82) is 0 Å². The van der Waals surface area contributed by atoms with Crippen molar-refractivity contribution in [3.8, 4) is 11.5 Å². The molecule has 0 spiro atoms. The van der Waals surface area contributed by atoms with Crippen molar-refractivity contribution in [2.75, 3.05) is 0 Å². The van der Waals surface area contributed by atoms with Gasteiger partial charge in [0, 0.05) is 11.1 Å². The number of rotatable bonds is 2. The second-order valence-electron chi connectivity index (χ2n) is 6.32. The Kier molecular flexibility index (Phi) is 4.58. The van der Waals surface area contributed by atoms with E-state index in [0.29, 0.717) is 33.7 Å². The molecule has 9 heteroatoms. The average molecular weight is 421 g/mol. The van der Waals surface area contributed by atoms with E-state index >= 15 is 0 Å². The topological polar surface area (TPSA) is 71.2 Å². The summed E-state index contributed by atoms with van der Waals surface area (Å²) in [6.45, 7) is 0. The van der Waals surface area contributed by atoms with Gasteiger partial charge in [0.1, 0.15) is 17.0 Å². The van der Waals surface area contributed by atoms with E-state index in [-0.39, 0.29) is 0 Å². The zero-order valence-electron chi connectivity index (χ0n) is 14.5. The predicted molar refractivity (Wildman–Crippen MR) is 99.3 cm³/mol. The standard InChI is InChI=1S/C20H12ClF3N2O3/c21-13-6-3-5-11-16(10-4-1-2-7-14(10)29-17(11)13)26-19(28)12-8-9-15(20(22,23)24)25-18(12)27/h1-9,16H,(H,25,27)(H,26,28). The number of hydrogen-bond acceptors (Lipinski definition) is 3. The van der Waals surface area contributed by atoms with Crippen molar-refractivity contribution < 1.29 is 22.7 Å². The first-order valence-corrected chi connectivity index (χ1v) is 8.80. The average Bonchev–Trinajstić information content (AvgIpc) is 2.67. The molecule has 5 nitrogen and oxygen atoms in total. The number of carbonyl (C=O) groups excluding carboxylic acids is 1. The van der Waals surface area contributed by atoms with Crippen LogP contribution in [0.3, 0.4) is 0 Å². The maximum Gasteiger partial charge on any atom is 0.431 e. The van der Waals surface area contributed by atoms with Gasteiger partial charge in [-0.05, 0) is 24.3 Å². The number of aromatic amines is 1. The Hall–Kier alpha value is -3.26. The van der Waals surface area contributed by atoms with E-state index in [0.717, 1.165) is 6.07 Å². The summed E-state index contributed by atoms with van der Waals surface area (Å²) >= 11 is 6.21. The van der Waals surface area contributed by atoms with Crippen LogP contribution < -0.4 is 15.6 Å². The first-order chi connectivity index (χ1) is 13.8. The lowest BCUT2D eigenvalue weighted by atomic mass is 9.94. The summed E-state index contributed by atoms with van der Waals surface area (Å²) in [5, 5.41) is 3.03. The Morgan fingerprint density at radius 3 is 2.48 bits per heavy atom. The summed E-state index contributed by atoms with van der Waals surface area (Å²) in [4.78, 5) is 26.5. The SMILES string of the molecule is O=C(NC1c2ccccc2Oc2c(Cl)cccc21)c1ccc(C(F)(F)F)[nH]c1=O. The third kappa shape index (κ3) is 3.47. The number of alkyl halides is 3. The Morgan fingerprint density at radius 1 is 1.03 bits per heavy atom. The minimum atomic E-state index is -4.72. The van der Waals surface area contributed by atoms with Crippen LogP contribution in [0.5, 0.6) is 11.5 Å². The van der Waals surface area contributed by atoms with Crippen molar-refractivity contribution in [3.05, 3.63) is 92.4 Å². The van der Waals surface area contributed by atoms with Gasteiger partial charge in [-0.25, -0.2) is 0 Å². The number of H-pyrrole nitrogens is 1. The number of carbonyl (C=O) groups is 1. The minimum absolute atomic E-state index is 0.337. The highest BCUT2D eigenvalue weighted by Gasteiger charge is 2.33. The van der Waals surface area contributed by atoms with Crippen LogP contribution in [0.4, 0.5) is 13.2 Å². The van der Waals surface area contributed by atoms with Crippen LogP contribution in [0, 0.1) is 0 Å². The number of benzene rings is 2. The molecule has 1 unspecified atom stereocenters. The number of hydrogen-bond donors (Lipinski definition) is 2. The van der Waals surface area contributed by atoms with Gasteiger partial charge in [-0.1, -0.05) is 41.9 Å². The van der Waals surface area contributed by atoms with Crippen LogP contribution in [0.25, 0.3) is 0 Å². The first kappa shape index (κ1) is 19.1. The summed E-state index contributed by atoms with van der Waals surface area (Å²) in [5.41, 5.74) is -1.62. The molecule has 148 valence electrons. The Bertz CT molecular complexity index is 1170. The van der Waals surface area contributed by atoms with Crippen LogP contribution in [-0.4, -0.2) is 10.9 Å². The molecule has 0 bridgehead atoms. The molecule has 0 aliphatic carbocycles. The summed E-state index contributed by atoms with van der Waals surface area (Å²) in [6, 6.07) is 12.8. The molecule has 3 aromatic rings. The highest BCUT2D eigenvalue weighted by Crippen LogP contribution is 2.45. The molecule has 4 rings (SSSR count). The molecule has 0 saturated heterocycles. The zero-order chi connectivity index (χ0) is 20.8. The molecular formula is C20H12ClF3N2O3. The molecule has 29 heavy (non-hydrogen) atoms. The molecular weight excluding hydrogens is 409 g/mol. The third-order valence-electron chi connectivity index (χ3n) is 4.49. The van der Waals surface area contributed by atoms with Gasteiger partial charge < -0.3 is 15.0 Å². The van der Waals surface area contributed by atoms with Gasteiger partial charge >= 0.3 is 6.18 Å². The van der Waals surface area contributed by atoms with Crippen LogP contribution >= 0.6 is 11.6 Å². The first-order valence-electron chi connectivity index (χ1n) is 8.42.